The molecule has 3 N–H and O–H groups in total. The predicted octanol–water partition coefficient (Wildman–Crippen LogP) is 5.71. The van der Waals surface area contributed by atoms with Gasteiger partial charge in [-0.05, 0) is 66.3 Å². The second-order valence-electron chi connectivity index (χ2n) is 6.44. The molecule has 140 valence electrons. The van der Waals surface area contributed by atoms with E-state index in [1.54, 1.807) is 17.8 Å². The number of nitrogen functional groups attached to an aromatic ring is 1. The standard InChI is InChI=1S/C22H22F2N2S/c1-14(16-8-11-20(23)21(24)13-16)26-22(17-4-3-5-18(25)12-17)15-6-9-19(27-2)10-7-15/h3-14,22,26H,25H2,1-2H3. The third-order valence-electron chi connectivity index (χ3n) is 4.55. The van der Waals surface area contributed by atoms with Gasteiger partial charge in [-0.3, -0.25) is 5.32 Å². The molecule has 0 saturated carbocycles. The van der Waals surface area contributed by atoms with Crippen molar-refractivity contribution in [3.8, 4) is 0 Å². The normalized spacial score (nSPS) is 13.3. The van der Waals surface area contributed by atoms with Gasteiger partial charge in [0.1, 0.15) is 0 Å². The van der Waals surface area contributed by atoms with Crippen molar-refractivity contribution >= 4 is 17.4 Å². The van der Waals surface area contributed by atoms with Crippen molar-refractivity contribution < 1.29 is 8.78 Å². The molecule has 3 aromatic carbocycles. The molecule has 3 aromatic rings. The first-order valence-electron chi connectivity index (χ1n) is 8.68. The van der Waals surface area contributed by atoms with Crippen molar-refractivity contribution in [1.29, 1.82) is 0 Å². The summed E-state index contributed by atoms with van der Waals surface area (Å²) in [5.74, 6) is -1.68. The van der Waals surface area contributed by atoms with E-state index in [0.29, 0.717) is 11.3 Å². The number of nitrogens with two attached hydrogens (primary N) is 1. The van der Waals surface area contributed by atoms with Gasteiger partial charge in [-0.25, -0.2) is 8.78 Å². The Morgan fingerprint density at radius 3 is 2.19 bits per heavy atom. The van der Waals surface area contributed by atoms with Gasteiger partial charge in [0.15, 0.2) is 11.6 Å². The second kappa shape index (κ2) is 8.55. The van der Waals surface area contributed by atoms with Crippen molar-refractivity contribution in [1.82, 2.24) is 5.32 Å². The minimum Gasteiger partial charge on any atom is -0.399 e. The van der Waals surface area contributed by atoms with E-state index in [2.05, 4.69) is 29.6 Å². The van der Waals surface area contributed by atoms with Crippen LogP contribution >= 0.6 is 11.8 Å². The number of anilines is 1. The van der Waals surface area contributed by atoms with Crippen LogP contribution in [0.2, 0.25) is 0 Å². The Hall–Kier alpha value is -2.37. The number of thioether (sulfide) groups is 1. The maximum Gasteiger partial charge on any atom is 0.159 e. The van der Waals surface area contributed by atoms with Crippen LogP contribution in [0.1, 0.15) is 35.7 Å². The van der Waals surface area contributed by atoms with Crippen LogP contribution in [0.3, 0.4) is 0 Å². The minimum atomic E-state index is -0.842. The van der Waals surface area contributed by atoms with Gasteiger partial charge in [0, 0.05) is 16.6 Å². The predicted molar refractivity (Wildman–Crippen MR) is 109 cm³/mol. The van der Waals surface area contributed by atoms with E-state index in [1.807, 2.05) is 37.4 Å². The van der Waals surface area contributed by atoms with Crippen LogP contribution in [0.4, 0.5) is 14.5 Å². The van der Waals surface area contributed by atoms with Gasteiger partial charge in [0.25, 0.3) is 0 Å². The van der Waals surface area contributed by atoms with Crippen molar-refractivity contribution in [2.24, 2.45) is 0 Å². The lowest BCUT2D eigenvalue weighted by molar-refractivity contribution is 0.490. The summed E-state index contributed by atoms with van der Waals surface area (Å²) in [6.45, 7) is 1.93. The average Bonchev–Trinajstić information content (AvgIpc) is 2.68. The van der Waals surface area contributed by atoms with Gasteiger partial charge in [-0.2, -0.15) is 0 Å². The number of hydrogen-bond donors (Lipinski definition) is 2. The summed E-state index contributed by atoms with van der Waals surface area (Å²) in [5.41, 5.74) is 9.43. The van der Waals surface area contributed by atoms with E-state index in [0.717, 1.165) is 17.2 Å². The van der Waals surface area contributed by atoms with Gasteiger partial charge >= 0.3 is 0 Å². The molecular weight excluding hydrogens is 362 g/mol. The topological polar surface area (TPSA) is 38.0 Å². The molecule has 5 heteroatoms. The third-order valence-corrected chi connectivity index (χ3v) is 5.30. The molecule has 3 rings (SSSR count). The molecule has 0 spiro atoms. The summed E-state index contributed by atoms with van der Waals surface area (Å²) in [7, 11) is 0. The fourth-order valence-corrected chi connectivity index (χ4v) is 3.46. The number of nitrogens with one attached hydrogen (secondary N) is 1. The second-order valence-corrected chi connectivity index (χ2v) is 7.32. The molecule has 0 aliphatic rings. The molecule has 0 amide bonds. The first-order valence-corrected chi connectivity index (χ1v) is 9.91. The Morgan fingerprint density at radius 2 is 1.56 bits per heavy atom. The zero-order chi connectivity index (χ0) is 19.4. The van der Waals surface area contributed by atoms with Crippen LogP contribution < -0.4 is 11.1 Å². The zero-order valence-corrected chi connectivity index (χ0v) is 16.1. The Labute approximate surface area is 162 Å². The number of benzene rings is 3. The fourth-order valence-electron chi connectivity index (χ4n) is 3.05. The Kier molecular flexibility index (Phi) is 6.14. The lowest BCUT2D eigenvalue weighted by Gasteiger charge is -2.25. The van der Waals surface area contributed by atoms with Gasteiger partial charge in [0.05, 0.1) is 6.04 Å². The smallest absolute Gasteiger partial charge is 0.159 e. The molecule has 0 fully saturated rings. The highest BCUT2D eigenvalue weighted by molar-refractivity contribution is 7.98. The van der Waals surface area contributed by atoms with Crippen molar-refractivity contribution in [2.45, 2.75) is 23.9 Å². The van der Waals surface area contributed by atoms with E-state index in [9.17, 15) is 8.78 Å². The van der Waals surface area contributed by atoms with Gasteiger partial charge in [-0.15, -0.1) is 11.8 Å². The Bertz CT molecular complexity index is 912. The van der Waals surface area contributed by atoms with E-state index >= 15 is 0 Å². The highest BCUT2D eigenvalue weighted by Crippen LogP contribution is 2.29. The summed E-state index contributed by atoms with van der Waals surface area (Å²) in [4.78, 5) is 1.18. The average molecular weight is 384 g/mol. The molecule has 0 aliphatic carbocycles. The molecule has 0 aromatic heterocycles. The lowest BCUT2D eigenvalue weighted by Crippen LogP contribution is -2.26. The van der Waals surface area contributed by atoms with E-state index < -0.39 is 11.6 Å². The number of rotatable bonds is 6. The number of halogens is 2. The van der Waals surface area contributed by atoms with Crippen LogP contribution in [0.25, 0.3) is 0 Å². The van der Waals surface area contributed by atoms with Crippen LogP contribution in [-0.4, -0.2) is 6.26 Å². The summed E-state index contributed by atoms with van der Waals surface area (Å²) < 4.78 is 26.9. The molecule has 27 heavy (non-hydrogen) atoms. The number of hydrogen-bond acceptors (Lipinski definition) is 3. The molecule has 0 aliphatic heterocycles. The Morgan fingerprint density at radius 1 is 0.852 bits per heavy atom. The quantitative estimate of drug-likeness (QED) is 0.422. The van der Waals surface area contributed by atoms with Gasteiger partial charge < -0.3 is 5.73 Å². The van der Waals surface area contributed by atoms with Crippen LogP contribution in [0.15, 0.2) is 71.6 Å². The maximum atomic E-state index is 13.6. The first kappa shape index (κ1) is 19.4. The molecule has 0 bridgehead atoms. The van der Waals surface area contributed by atoms with E-state index in [1.165, 1.54) is 11.0 Å². The summed E-state index contributed by atoms with van der Waals surface area (Å²) in [5, 5.41) is 3.53. The molecule has 2 unspecified atom stereocenters. The molecular formula is C22H22F2N2S. The molecule has 0 radical (unpaired) electrons. The highest BCUT2D eigenvalue weighted by atomic mass is 32.2. The molecule has 2 nitrogen and oxygen atoms in total. The Balaban J connectivity index is 1.94. The monoisotopic (exact) mass is 384 g/mol. The minimum absolute atomic E-state index is 0.132. The first-order chi connectivity index (χ1) is 13.0. The molecule has 0 heterocycles. The van der Waals surface area contributed by atoms with Crippen LogP contribution in [0.5, 0.6) is 0 Å². The van der Waals surface area contributed by atoms with Gasteiger partial charge in [-0.1, -0.05) is 30.3 Å². The van der Waals surface area contributed by atoms with Crippen molar-refractivity contribution in [3.63, 3.8) is 0 Å². The lowest BCUT2D eigenvalue weighted by atomic mass is 9.96. The summed E-state index contributed by atoms with van der Waals surface area (Å²) in [6, 6.07) is 19.7. The fraction of sp³-hybridized carbons (Fsp3) is 0.182. The third kappa shape index (κ3) is 4.67. The van der Waals surface area contributed by atoms with E-state index in [-0.39, 0.29) is 12.1 Å². The van der Waals surface area contributed by atoms with Gasteiger partial charge in [0.2, 0.25) is 0 Å². The van der Waals surface area contributed by atoms with E-state index in [4.69, 9.17) is 5.73 Å². The largest absolute Gasteiger partial charge is 0.399 e. The summed E-state index contributed by atoms with van der Waals surface area (Å²) >= 11 is 1.68. The SMILES string of the molecule is CSc1ccc(C(NC(C)c2ccc(F)c(F)c2)c2cccc(N)c2)cc1. The zero-order valence-electron chi connectivity index (χ0n) is 15.2. The molecule has 2 atom stereocenters. The molecule has 0 saturated heterocycles. The maximum absolute atomic E-state index is 13.6. The van der Waals surface area contributed by atoms with Crippen molar-refractivity contribution in [2.75, 3.05) is 12.0 Å². The summed E-state index contributed by atoms with van der Waals surface area (Å²) in [6.07, 6.45) is 2.04. The van der Waals surface area contributed by atoms with Crippen LogP contribution in [-0.2, 0) is 0 Å². The van der Waals surface area contributed by atoms with Crippen molar-refractivity contribution in [3.05, 3.63) is 95.1 Å². The highest BCUT2D eigenvalue weighted by Gasteiger charge is 2.19. The van der Waals surface area contributed by atoms with Crippen LogP contribution in [0, 0.1) is 11.6 Å².